The Morgan fingerprint density at radius 1 is 1.56 bits per heavy atom. The van der Waals surface area contributed by atoms with Crippen molar-refractivity contribution in [3.05, 3.63) is 42.5 Å². The molecule has 0 bridgehead atoms. The molecule has 0 saturated carbocycles. The van der Waals surface area contributed by atoms with E-state index in [1.165, 1.54) is 6.20 Å². The number of nitrogen functional groups attached to an aromatic ring is 1. The third kappa shape index (κ3) is 3.07. The van der Waals surface area contributed by atoms with E-state index in [9.17, 15) is 4.79 Å². The Bertz CT molecular complexity index is 506. The van der Waals surface area contributed by atoms with Gasteiger partial charge in [-0.1, -0.05) is 0 Å². The van der Waals surface area contributed by atoms with Crippen LogP contribution in [0.15, 0.2) is 36.8 Å². The number of hydrogen-bond donors (Lipinski definition) is 2. The number of aromatic nitrogens is 3. The lowest BCUT2D eigenvalue weighted by atomic mass is 10.3. The van der Waals surface area contributed by atoms with Gasteiger partial charge >= 0.3 is 0 Å². The average Bonchev–Trinajstić information content (AvgIpc) is 2.82. The van der Waals surface area contributed by atoms with Crippen LogP contribution in [0.4, 0.5) is 5.69 Å². The van der Waals surface area contributed by atoms with Gasteiger partial charge in [-0.2, -0.15) is 5.10 Å². The molecule has 18 heavy (non-hydrogen) atoms. The number of hydrogen-bond acceptors (Lipinski definition) is 4. The Kier molecular flexibility index (Phi) is 3.57. The van der Waals surface area contributed by atoms with E-state index >= 15 is 0 Å². The summed E-state index contributed by atoms with van der Waals surface area (Å²) in [4.78, 5) is 15.8. The molecule has 1 amide bonds. The summed E-state index contributed by atoms with van der Waals surface area (Å²) in [5.74, 6) is -0.213. The maximum absolute atomic E-state index is 11.9. The van der Waals surface area contributed by atoms with Crippen LogP contribution in [0.1, 0.15) is 17.4 Å². The maximum atomic E-state index is 11.9. The molecule has 0 radical (unpaired) electrons. The van der Waals surface area contributed by atoms with E-state index in [0.29, 0.717) is 17.9 Å². The van der Waals surface area contributed by atoms with Gasteiger partial charge < -0.3 is 11.1 Å². The largest absolute Gasteiger partial charge is 0.397 e. The smallest absolute Gasteiger partial charge is 0.270 e. The zero-order valence-corrected chi connectivity index (χ0v) is 10.1. The Balaban J connectivity index is 1.92. The molecule has 94 valence electrons. The third-order valence-corrected chi connectivity index (χ3v) is 2.42. The fourth-order valence-electron chi connectivity index (χ4n) is 1.57. The molecule has 0 spiro atoms. The summed E-state index contributed by atoms with van der Waals surface area (Å²) < 4.78 is 1.77. The van der Waals surface area contributed by atoms with Crippen molar-refractivity contribution in [2.75, 3.05) is 5.73 Å². The van der Waals surface area contributed by atoms with E-state index in [1.807, 2.05) is 19.2 Å². The number of anilines is 1. The van der Waals surface area contributed by atoms with Crippen LogP contribution in [0.5, 0.6) is 0 Å². The molecule has 6 nitrogen and oxygen atoms in total. The number of nitrogens with zero attached hydrogens (tertiary/aromatic N) is 3. The normalized spacial score (nSPS) is 12.1. The van der Waals surface area contributed by atoms with Crippen molar-refractivity contribution in [3.63, 3.8) is 0 Å². The molecule has 2 rings (SSSR count). The van der Waals surface area contributed by atoms with Crippen molar-refractivity contribution in [1.29, 1.82) is 0 Å². The van der Waals surface area contributed by atoms with E-state index in [0.717, 1.165) is 0 Å². The van der Waals surface area contributed by atoms with Gasteiger partial charge in [0.25, 0.3) is 5.91 Å². The average molecular weight is 245 g/mol. The van der Waals surface area contributed by atoms with Crippen molar-refractivity contribution in [1.82, 2.24) is 20.1 Å². The monoisotopic (exact) mass is 245 g/mol. The molecule has 2 aromatic heterocycles. The topological polar surface area (TPSA) is 85.8 Å². The number of carbonyl (C=O) groups is 1. The molecule has 0 aliphatic rings. The SMILES string of the molecule is CC(Cn1cccn1)NC(=O)c1ccc(N)cn1. The minimum absolute atomic E-state index is 0.0308. The standard InChI is InChI=1S/C12H15N5O/c1-9(8-17-6-2-5-15-17)16-12(18)11-4-3-10(13)7-14-11/h2-7,9H,8,13H2,1H3,(H,16,18). The second-order valence-corrected chi connectivity index (χ2v) is 4.08. The molecule has 1 atom stereocenters. The number of pyridine rings is 1. The molecule has 1 unspecified atom stereocenters. The van der Waals surface area contributed by atoms with Gasteiger partial charge in [0.15, 0.2) is 0 Å². The van der Waals surface area contributed by atoms with Crippen LogP contribution in [0.25, 0.3) is 0 Å². The first-order chi connectivity index (χ1) is 8.65. The quantitative estimate of drug-likeness (QED) is 0.829. The van der Waals surface area contributed by atoms with E-state index < -0.39 is 0 Å². The maximum Gasteiger partial charge on any atom is 0.270 e. The number of nitrogens with two attached hydrogens (primary N) is 1. The Labute approximate surface area is 105 Å². The zero-order chi connectivity index (χ0) is 13.0. The second-order valence-electron chi connectivity index (χ2n) is 4.08. The van der Waals surface area contributed by atoms with Crippen LogP contribution < -0.4 is 11.1 Å². The molecule has 0 fully saturated rings. The fourth-order valence-corrected chi connectivity index (χ4v) is 1.57. The third-order valence-electron chi connectivity index (χ3n) is 2.42. The summed E-state index contributed by atoms with van der Waals surface area (Å²) in [6.07, 6.45) is 5.02. The summed E-state index contributed by atoms with van der Waals surface area (Å²) >= 11 is 0. The summed E-state index contributed by atoms with van der Waals surface area (Å²) in [6.45, 7) is 2.53. The van der Waals surface area contributed by atoms with Gasteiger partial charge in [0, 0.05) is 18.4 Å². The highest BCUT2D eigenvalue weighted by atomic mass is 16.1. The lowest BCUT2D eigenvalue weighted by Gasteiger charge is -2.13. The van der Waals surface area contributed by atoms with Gasteiger partial charge in [0.2, 0.25) is 0 Å². The van der Waals surface area contributed by atoms with Crippen LogP contribution in [0.2, 0.25) is 0 Å². The van der Waals surface area contributed by atoms with E-state index in [2.05, 4.69) is 15.4 Å². The molecule has 6 heteroatoms. The van der Waals surface area contributed by atoms with Gasteiger partial charge in [-0.15, -0.1) is 0 Å². The lowest BCUT2D eigenvalue weighted by Crippen LogP contribution is -2.36. The molecule has 3 N–H and O–H groups in total. The van der Waals surface area contributed by atoms with Crippen molar-refractivity contribution >= 4 is 11.6 Å². The molecule has 0 aromatic carbocycles. The number of rotatable bonds is 4. The van der Waals surface area contributed by atoms with Crippen molar-refractivity contribution in [2.24, 2.45) is 0 Å². The first-order valence-corrected chi connectivity index (χ1v) is 5.65. The molecule has 0 aliphatic carbocycles. The molecule has 2 aromatic rings. The Hall–Kier alpha value is -2.37. The first-order valence-electron chi connectivity index (χ1n) is 5.65. The van der Waals surface area contributed by atoms with Gasteiger partial charge in [0.05, 0.1) is 18.4 Å². The predicted molar refractivity (Wildman–Crippen MR) is 67.8 cm³/mol. The highest BCUT2D eigenvalue weighted by Gasteiger charge is 2.11. The van der Waals surface area contributed by atoms with E-state index in [-0.39, 0.29) is 11.9 Å². The number of amides is 1. The van der Waals surface area contributed by atoms with Crippen molar-refractivity contribution < 1.29 is 4.79 Å². The van der Waals surface area contributed by atoms with E-state index in [4.69, 9.17) is 5.73 Å². The summed E-state index contributed by atoms with van der Waals surface area (Å²) in [5.41, 5.74) is 6.41. The minimum atomic E-state index is -0.213. The second kappa shape index (κ2) is 5.31. The van der Waals surface area contributed by atoms with Crippen LogP contribution in [-0.2, 0) is 6.54 Å². The highest BCUT2D eigenvalue weighted by Crippen LogP contribution is 2.01. The zero-order valence-electron chi connectivity index (χ0n) is 10.1. The fraction of sp³-hybridized carbons (Fsp3) is 0.250. The predicted octanol–water partition coefficient (Wildman–Crippen LogP) is 0.679. The van der Waals surface area contributed by atoms with Crippen LogP contribution in [0, 0.1) is 0 Å². The Morgan fingerprint density at radius 2 is 2.39 bits per heavy atom. The number of carbonyl (C=O) groups excluding carboxylic acids is 1. The van der Waals surface area contributed by atoms with Crippen LogP contribution in [-0.4, -0.2) is 26.7 Å². The van der Waals surface area contributed by atoms with Gasteiger partial charge in [-0.3, -0.25) is 9.48 Å². The van der Waals surface area contributed by atoms with Gasteiger partial charge in [0.1, 0.15) is 5.69 Å². The van der Waals surface area contributed by atoms with Crippen molar-refractivity contribution in [3.8, 4) is 0 Å². The molecular formula is C12H15N5O. The summed E-state index contributed by atoms with van der Waals surface area (Å²) in [7, 11) is 0. The highest BCUT2D eigenvalue weighted by molar-refractivity contribution is 5.92. The summed E-state index contributed by atoms with van der Waals surface area (Å²) in [6, 6.07) is 5.07. The minimum Gasteiger partial charge on any atom is -0.397 e. The van der Waals surface area contributed by atoms with Gasteiger partial charge in [-0.25, -0.2) is 4.98 Å². The first kappa shape index (κ1) is 12.1. The van der Waals surface area contributed by atoms with Crippen molar-refractivity contribution in [2.45, 2.75) is 19.5 Å². The van der Waals surface area contributed by atoms with Gasteiger partial charge in [-0.05, 0) is 25.1 Å². The molecule has 0 saturated heterocycles. The van der Waals surface area contributed by atoms with Crippen LogP contribution >= 0.6 is 0 Å². The summed E-state index contributed by atoms with van der Waals surface area (Å²) in [5, 5.41) is 6.93. The van der Waals surface area contributed by atoms with E-state index in [1.54, 1.807) is 23.0 Å². The molecular weight excluding hydrogens is 230 g/mol. The Morgan fingerprint density at radius 3 is 3.00 bits per heavy atom. The molecule has 2 heterocycles. The lowest BCUT2D eigenvalue weighted by molar-refractivity contribution is 0.0931. The number of nitrogens with one attached hydrogen (secondary N) is 1. The van der Waals surface area contributed by atoms with Crippen LogP contribution in [0.3, 0.4) is 0 Å². The molecule has 0 aliphatic heterocycles.